The van der Waals surface area contributed by atoms with E-state index in [-0.39, 0.29) is 5.97 Å². The van der Waals surface area contributed by atoms with Crippen molar-refractivity contribution >= 4 is 12.1 Å². The number of nitrogens with zero attached hydrogens (tertiary/aromatic N) is 2. The summed E-state index contributed by atoms with van der Waals surface area (Å²) in [6.45, 7) is 8.87. The van der Waals surface area contributed by atoms with E-state index >= 15 is 0 Å². The maximum absolute atomic E-state index is 13.3. The summed E-state index contributed by atoms with van der Waals surface area (Å²) in [5.74, 6) is 0.0679. The summed E-state index contributed by atoms with van der Waals surface area (Å²) in [5.41, 5.74) is 3.12. The van der Waals surface area contributed by atoms with E-state index in [9.17, 15) is 9.59 Å². The monoisotopic (exact) mass is 427 g/mol. The Balaban J connectivity index is 2.23. The highest BCUT2D eigenvalue weighted by atomic mass is 16.6. The van der Waals surface area contributed by atoms with Crippen molar-refractivity contribution in [3.05, 3.63) is 65.7 Å². The molecule has 0 spiro atoms. The number of hydrazine groups is 1. The molecule has 2 rings (SSSR count). The van der Waals surface area contributed by atoms with Gasteiger partial charge in [-0.2, -0.15) is 0 Å². The molecule has 0 radical (unpaired) electrons. The van der Waals surface area contributed by atoms with Gasteiger partial charge in [0.25, 0.3) is 0 Å². The smallest absolute Gasteiger partial charge is 0.427 e. The molecular formula is C24H33N3O4. The summed E-state index contributed by atoms with van der Waals surface area (Å²) in [7, 11) is 3.39. The Morgan fingerprint density at radius 3 is 2.06 bits per heavy atom. The summed E-state index contributed by atoms with van der Waals surface area (Å²) in [5, 5.41) is 1.50. The number of amides is 1. The Labute approximate surface area is 184 Å². The lowest BCUT2D eigenvalue weighted by Crippen LogP contribution is -2.38. The lowest BCUT2D eigenvalue weighted by atomic mass is 9.76. The first-order chi connectivity index (χ1) is 14.8. The van der Waals surface area contributed by atoms with Crippen molar-refractivity contribution in [2.24, 2.45) is 0 Å². The van der Waals surface area contributed by atoms with Crippen molar-refractivity contribution in [2.45, 2.75) is 26.2 Å². The van der Waals surface area contributed by atoms with E-state index in [1.165, 1.54) is 5.01 Å². The number of hydrogen-bond donors (Lipinski definition) is 1. The van der Waals surface area contributed by atoms with Crippen LogP contribution >= 0.6 is 0 Å². The van der Waals surface area contributed by atoms with Gasteiger partial charge in [-0.3, -0.25) is 10.2 Å². The minimum Gasteiger partial charge on any atom is -0.463 e. The van der Waals surface area contributed by atoms with Crippen LogP contribution in [0.25, 0.3) is 0 Å². The molecule has 31 heavy (non-hydrogen) atoms. The van der Waals surface area contributed by atoms with Crippen LogP contribution < -0.4 is 10.2 Å². The molecule has 0 aromatic heterocycles. The molecule has 7 heteroatoms. The Hall–Kier alpha value is -2.90. The molecule has 0 aliphatic heterocycles. The third-order valence-electron chi connectivity index (χ3n) is 5.25. The van der Waals surface area contributed by atoms with E-state index in [0.717, 1.165) is 24.2 Å². The van der Waals surface area contributed by atoms with Gasteiger partial charge in [-0.15, -0.1) is 0 Å². The third kappa shape index (κ3) is 6.54. The largest absolute Gasteiger partial charge is 0.463 e. The molecule has 168 valence electrons. The molecule has 1 atom stereocenters. The first-order valence-corrected chi connectivity index (χ1v) is 10.5. The normalized spacial score (nSPS) is 13.0. The van der Waals surface area contributed by atoms with Crippen LogP contribution in [-0.2, 0) is 14.9 Å². The standard InChI is InChI=1S/C24H33N3O4/c1-6-27(7-2)17-18-30-22(28)24(3,19-11-9-8-10-12-19)20-13-15-21(16-14-20)31-23(29)25-26(4)5/h8-16H,6-7,17-18H2,1-5H3,(H,25,29). The van der Waals surface area contributed by atoms with Crippen molar-refractivity contribution in [3.8, 4) is 5.75 Å². The van der Waals surface area contributed by atoms with E-state index in [0.29, 0.717) is 18.9 Å². The second kappa shape index (κ2) is 11.5. The lowest BCUT2D eigenvalue weighted by molar-refractivity contribution is -0.148. The zero-order valence-electron chi connectivity index (χ0n) is 19.1. The number of benzene rings is 2. The Morgan fingerprint density at radius 2 is 1.52 bits per heavy atom. The molecule has 2 aromatic rings. The highest BCUT2D eigenvalue weighted by Crippen LogP contribution is 2.34. The molecule has 0 saturated carbocycles. The summed E-state index contributed by atoms with van der Waals surface area (Å²) in [6.07, 6.45) is -0.584. The van der Waals surface area contributed by atoms with Gasteiger partial charge in [0.05, 0.1) is 0 Å². The first kappa shape index (κ1) is 24.4. The van der Waals surface area contributed by atoms with Crippen LogP contribution in [0.5, 0.6) is 5.75 Å². The number of ether oxygens (including phenoxy) is 2. The van der Waals surface area contributed by atoms with E-state index < -0.39 is 11.5 Å². The zero-order chi connectivity index (χ0) is 22.9. The predicted octanol–water partition coefficient (Wildman–Crippen LogP) is 3.44. The fourth-order valence-corrected chi connectivity index (χ4v) is 3.29. The molecule has 7 nitrogen and oxygen atoms in total. The number of rotatable bonds is 10. The van der Waals surface area contributed by atoms with Gasteiger partial charge in [-0.05, 0) is 43.3 Å². The molecule has 1 amide bonds. The molecule has 0 aliphatic rings. The number of esters is 1. The average molecular weight is 428 g/mol. The van der Waals surface area contributed by atoms with Gasteiger partial charge < -0.3 is 14.4 Å². The predicted molar refractivity (Wildman–Crippen MR) is 121 cm³/mol. The van der Waals surface area contributed by atoms with Crippen LogP contribution in [0.4, 0.5) is 4.79 Å². The van der Waals surface area contributed by atoms with Crippen LogP contribution in [0.2, 0.25) is 0 Å². The van der Waals surface area contributed by atoms with Crippen molar-refractivity contribution in [2.75, 3.05) is 40.3 Å². The van der Waals surface area contributed by atoms with Crippen molar-refractivity contribution in [1.29, 1.82) is 0 Å². The second-order valence-electron chi connectivity index (χ2n) is 7.57. The molecule has 0 fully saturated rings. The minimum atomic E-state index is -0.991. The van der Waals surface area contributed by atoms with Gasteiger partial charge in [0.15, 0.2) is 0 Å². The second-order valence-corrected chi connectivity index (χ2v) is 7.57. The van der Waals surface area contributed by atoms with E-state index in [2.05, 4.69) is 24.2 Å². The van der Waals surface area contributed by atoms with Gasteiger partial charge >= 0.3 is 12.1 Å². The molecule has 0 bridgehead atoms. The van der Waals surface area contributed by atoms with Gasteiger partial charge in [-0.1, -0.05) is 56.3 Å². The minimum absolute atomic E-state index is 0.315. The van der Waals surface area contributed by atoms with Crippen LogP contribution in [0.3, 0.4) is 0 Å². The fourth-order valence-electron chi connectivity index (χ4n) is 3.29. The number of likely N-dealkylation sites (N-methyl/N-ethyl adjacent to an activating group) is 1. The molecular weight excluding hydrogens is 394 g/mol. The van der Waals surface area contributed by atoms with Gasteiger partial charge in [0.1, 0.15) is 17.8 Å². The Bertz CT molecular complexity index is 836. The fraction of sp³-hybridized carbons (Fsp3) is 0.417. The van der Waals surface area contributed by atoms with E-state index in [4.69, 9.17) is 9.47 Å². The third-order valence-corrected chi connectivity index (χ3v) is 5.25. The lowest BCUT2D eigenvalue weighted by Gasteiger charge is -2.29. The molecule has 0 aliphatic carbocycles. The highest BCUT2D eigenvalue weighted by Gasteiger charge is 2.38. The summed E-state index contributed by atoms with van der Waals surface area (Å²) < 4.78 is 11.0. The number of nitrogens with one attached hydrogen (secondary N) is 1. The number of carbonyl (C=O) groups excluding carboxylic acids is 2. The molecule has 2 aromatic carbocycles. The van der Waals surface area contributed by atoms with Crippen LogP contribution in [0.1, 0.15) is 31.9 Å². The zero-order valence-corrected chi connectivity index (χ0v) is 19.1. The van der Waals surface area contributed by atoms with Crippen LogP contribution in [0, 0.1) is 0 Å². The van der Waals surface area contributed by atoms with Gasteiger partial charge in [0.2, 0.25) is 0 Å². The maximum atomic E-state index is 13.3. The quantitative estimate of drug-likeness (QED) is 0.463. The SMILES string of the molecule is CCN(CC)CCOC(=O)C(C)(c1ccccc1)c1ccc(OC(=O)NN(C)C)cc1. The summed E-state index contributed by atoms with van der Waals surface area (Å²) >= 11 is 0. The number of hydrogen-bond acceptors (Lipinski definition) is 6. The molecule has 1 N–H and O–H groups in total. The van der Waals surface area contributed by atoms with Gasteiger partial charge in [-0.25, -0.2) is 9.80 Å². The molecule has 1 unspecified atom stereocenters. The van der Waals surface area contributed by atoms with Crippen LogP contribution in [-0.4, -0.2) is 62.3 Å². The molecule has 0 heterocycles. The van der Waals surface area contributed by atoms with Gasteiger partial charge in [0, 0.05) is 20.6 Å². The topological polar surface area (TPSA) is 71.1 Å². The van der Waals surface area contributed by atoms with Crippen molar-refractivity contribution in [3.63, 3.8) is 0 Å². The van der Waals surface area contributed by atoms with E-state index in [1.54, 1.807) is 38.4 Å². The number of carbonyl (C=O) groups is 2. The van der Waals surface area contributed by atoms with Crippen molar-refractivity contribution < 1.29 is 19.1 Å². The van der Waals surface area contributed by atoms with Crippen LogP contribution in [0.15, 0.2) is 54.6 Å². The highest BCUT2D eigenvalue weighted by molar-refractivity contribution is 5.87. The van der Waals surface area contributed by atoms with Crippen molar-refractivity contribution in [1.82, 2.24) is 15.3 Å². The first-order valence-electron chi connectivity index (χ1n) is 10.5. The summed E-state index contributed by atoms with van der Waals surface area (Å²) in [6, 6.07) is 16.5. The Morgan fingerprint density at radius 1 is 0.935 bits per heavy atom. The average Bonchev–Trinajstić information content (AvgIpc) is 2.76. The summed E-state index contributed by atoms with van der Waals surface area (Å²) in [4.78, 5) is 27.3. The molecule has 0 saturated heterocycles. The van der Waals surface area contributed by atoms with E-state index in [1.807, 2.05) is 37.3 Å². The maximum Gasteiger partial charge on any atom is 0.427 e. The Kier molecular flexibility index (Phi) is 9.03.